The van der Waals surface area contributed by atoms with Crippen molar-refractivity contribution in [2.75, 3.05) is 19.8 Å². The summed E-state index contributed by atoms with van der Waals surface area (Å²) in [5.41, 5.74) is 6.35. The first-order chi connectivity index (χ1) is 17.4. The molecule has 1 saturated heterocycles. The van der Waals surface area contributed by atoms with Crippen LogP contribution in [0.1, 0.15) is 34.6 Å². The summed E-state index contributed by atoms with van der Waals surface area (Å²) >= 11 is 0. The molecule has 2 aliphatic heterocycles. The molecule has 2 aliphatic rings. The smallest absolute Gasteiger partial charge is 0.304 e. The lowest BCUT2D eigenvalue weighted by Crippen LogP contribution is -2.29. The van der Waals surface area contributed by atoms with E-state index >= 15 is 0 Å². The van der Waals surface area contributed by atoms with Gasteiger partial charge in [-0.2, -0.15) is 0 Å². The second kappa shape index (κ2) is 10.2. The number of ether oxygens (including phenoxy) is 4. The number of benzene rings is 3. The highest BCUT2D eigenvalue weighted by Crippen LogP contribution is 2.38. The maximum atomic E-state index is 11.1. The SMILES string of the molecule is Cc1cc(OC2COC[C@H]2O)cc(C)c1-c1cccc(COc2ccc3c(c2)OCC3CC(=O)O)c1. The zero-order chi connectivity index (χ0) is 25.2. The molecular weight excluding hydrogens is 460 g/mol. The molecule has 0 spiro atoms. The van der Waals surface area contributed by atoms with Crippen molar-refractivity contribution in [3.05, 3.63) is 76.9 Å². The summed E-state index contributed by atoms with van der Waals surface area (Å²) in [6.45, 7) is 5.58. The van der Waals surface area contributed by atoms with Gasteiger partial charge in [0.1, 0.15) is 36.1 Å². The fourth-order valence-electron chi connectivity index (χ4n) is 4.97. The molecular formula is C29H30O7. The van der Waals surface area contributed by atoms with Gasteiger partial charge < -0.3 is 29.2 Å². The molecule has 2 N–H and O–H groups in total. The summed E-state index contributed by atoms with van der Waals surface area (Å²) in [5, 5.41) is 19.1. The summed E-state index contributed by atoms with van der Waals surface area (Å²) < 4.78 is 23.0. The van der Waals surface area contributed by atoms with Gasteiger partial charge in [0.15, 0.2) is 0 Å². The zero-order valence-electron chi connectivity index (χ0n) is 20.4. The Morgan fingerprint density at radius 1 is 1.00 bits per heavy atom. The van der Waals surface area contributed by atoms with E-state index in [1.54, 1.807) is 0 Å². The largest absolute Gasteiger partial charge is 0.492 e. The van der Waals surface area contributed by atoms with Crippen LogP contribution in [-0.4, -0.2) is 48.2 Å². The van der Waals surface area contributed by atoms with Gasteiger partial charge >= 0.3 is 5.97 Å². The molecule has 0 aromatic heterocycles. The zero-order valence-corrected chi connectivity index (χ0v) is 20.4. The van der Waals surface area contributed by atoms with Crippen molar-refractivity contribution in [2.24, 2.45) is 0 Å². The van der Waals surface area contributed by atoms with E-state index in [1.807, 2.05) is 42.5 Å². The Kier molecular flexibility index (Phi) is 6.85. The Bertz CT molecular complexity index is 1250. The van der Waals surface area contributed by atoms with Crippen LogP contribution in [0.5, 0.6) is 17.2 Å². The number of carboxylic acid groups (broad SMARTS) is 1. The van der Waals surface area contributed by atoms with Gasteiger partial charge in [0, 0.05) is 17.5 Å². The summed E-state index contributed by atoms with van der Waals surface area (Å²) in [6, 6.07) is 17.8. The minimum atomic E-state index is -0.827. The quantitative estimate of drug-likeness (QED) is 0.475. The van der Waals surface area contributed by atoms with Gasteiger partial charge in [0.2, 0.25) is 0 Å². The fraction of sp³-hybridized carbons (Fsp3) is 0.345. The number of carbonyl (C=O) groups is 1. The molecule has 0 bridgehead atoms. The van der Waals surface area contributed by atoms with Crippen LogP contribution in [0.3, 0.4) is 0 Å². The minimum absolute atomic E-state index is 0.0584. The van der Waals surface area contributed by atoms with E-state index in [9.17, 15) is 9.90 Å². The molecule has 2 heterocycles. The number of rotatable bonds is 8. The van der Waals surface area contributed by atoms with E-state index in [2.05, 4.69) is 26.0 Å². The highest BCUT2D eigenvalue weighted by Gasteiger charge is 2.28. The monoisotopic (exact) mass is 490 g/mol. The first-order valence-corrected chi connectivity index (χ1v) is 12.1. The predicted molar refractivity (Wildman–Crippen MR) is 134 cm³/mol. The van der Waals surface area contributed by atoms with E-state index in [0.29, 0.717) is 37.9 Å². The number of aryl methyl sites for hydroxylation is 2. The summed E-state index contributed by atoms with van der Waals surface area (Å²) in [7, 11) is 0. The van der Waals surface area contributed by atoms with Crippen molar-refractivity contribution in [1.82, 2.24) is 0 Å². The molecule has 3 aromatic carbocycles. The molecule has 5 rings (SSSR count). The normalized spacial score (nSPS) is 20.6. The Hall–Kier alpha value is -3.55. The first-order valence-electron chi connectivity index (χ1n) is 12.1. The molecule has 2 unspecified atom stereocenters. The summed E-state index contributed by atoms with van der Waals surface area (Å²) in [6.07, 6.45) is -0.892. The number of aliphatic hydroxyl groups is 1. The fourth-order valence-corrected chi connectivity index (χ4v) is 4.97. The average Bonchev–Trinajstić information content (AvgIpc) is 3.42. The van der Waals surface area contributed by atoms with Gasteiger partial charge in [-0.3, -0.25) is 4.79 Å². The maximum Gasteiger partial charge on any atom is 0.304 e. The molecule has 0 aliphatic carbocycles. The standard InChI is InChI=1S/C29H30O7/c1-17-8-23(36-27-16-33-15-25(27)30)9-18(2)29(17)20-5-3-4-19(10-20)13-34-22-6-7-24-21(11-28(31)32)14-35-26(24)12-22/h3-10,12,21,25,27,30H,11,13-16H2,1-2H3,(H,31,32)/t21?,25-,27?/m1/s1. The number of fused-ring (bicyclic) bond motifs is 1. The van der Waals surface area contributed by atoms with E-state index < -0.39 is 12.1 Å². The van der Waals surface area contributed by atoms with Gasteiger partial charge in [0.25, 0.3) is 0 Å². The van der Waals surface area contributed by atoms with Gasteiger partial charge in [-0.1, -0.05) is 24.3 Å². The Morgan fingerprint density at radius 2 is 1.81 bits per heavy atom. The molecule has 36 heavy (non-hydrogen) atoms. The van der Waals surface area contributed by atoms with Crippen LogP contribution in [0, 0.1) is 13.8 Å². The van der Waals surface area contributed by atoms with Crippen molar-refractivity contribution in [3.8, 4) is 28.4 Å². The summed E-state index contributed by atoms with van der Waals surface area (Å²) in [4.78, 5) is 11.1. The van der Waals surface area contributed by atoms with E-state index in [1.165, 1.54) is 0 Å². The van der Waals surface area contributed by atoms with Gasteiger partial charge in [0.05, 0.1) is 26.2 Å². The van der Waals surface area contributed by atoms with Crippen molar-refractivity contribution in [2.45, 2.75) is 45.0 Å². The van der Waals surface area contributed by atoms with Crippen LogP contribution in [0.2, 0.25) is 0 Å². The second-order valence-corrected chi connectivity index (χ2v) is 9.49. The predicted octanol–water partition coefficient (Wildman–Crippen LogP) is 4.64. The Balaban J connectivity index is 1.28. The number of carboxylic acids is 1. The third-order valence-corrected chi connectivity index (χ3v) is 6.70. The highest BCUT2D eigenvalue weighted by molar-refractivity contribution is 5.72. The van der Waals surface area contributed by atoms with E-state index in [0.717, 1.165) is 39.1 Å². The Morgan fingerprint density at radius 3 is 2.53 bits per heavy atom. The lowest BCUT2D eigenvalue weighted by molar-refractivity contribution is -0.137. The van der Waals surface area contributed by atoms with Gasteiger partial charge in [-0.15, -0.1) is 0 Å². The third kappa shape index (κ3) is 5.17. The van der Waals surface area contributed by atoms with Crippen LogP contribution >= 0.6 is 0 Å². The van der Waals surface area contributed by atoms with Crippen LogP contribution in [0.25, 0.3) is 11.1 Å². The van der Waals surface area contributed by atoms with Crippen molar-refractivity contribution in [3.63, 3.8) is 0 Å². The number of aliphatic hydroxyl groups excluding tert-OH is 1. The number of hydrogen-bond acceptors (Lipinski definition) is 6. The van der Waals surface area contributed by atoms with Crippen molar-refractivity contribution < 1.29 is 34.0 Å². The minimum Gasteiger partial charge on any atom is -0.492 e. The second-order valence-electron chi connectivity index (χ2n) is 9.49. The highest BCUT2D eigenvalue weighted by atomic mass is 16.6. The van der Waals surface area contributed by atoms with Gasteiger partial charge in [-0.05, 0) is 65.9 Å². The van der Waals surface area contributed by atoms with E-state index in [-0.39, 0.29) is 18.4 Å². The summed E-state index contributed by atoms with van der Waals surface area (Å²) in [5.74, 6) is 1.15. The molecule has 0 radical (unpaired) electrons. The number of aliphatic carboxylic acids is 1. The number of hydrogen-bond donors (Lipinski definition) is 2. The molecule has 0 amide bonds. The lowest BCUT2D eigenvalue weighted by Gasteiger charge is -2.19. The average molecular weight is 491 g/mol. The molecule has 3 aromatic rings. The van der Waals surface area contributed by atoms with Crippen molar-refractivity contribution in [1.29, 1.82) is 0 Å². The van der Waals surface area contributed by atoms with Crippen LogP contribution in [-0.2, 0) is 16.1 Å². The maximum absolute atomic E-state index is 11.1. The van der Waals surface area contributed by atoms with Crippen molar-refractivity contribution >= 4 is 5.97 Å². The van der Waals surface area contributed by atoms with Crippen LogP contribution in [0.15, 0.2) is 54.6 Å². The van der Waals surface area contributed by atoms with E-state index in [4.69, 9.17) is 24.1 Å². The molecule has 3 atom stereocenters. The molecule has 7 heteroatoms. The topological polar surface area (TPSA) is 94.5 Å². The van der Waals surface area contributed by atoms with Crippen LogP contribution in [0.4, 0.5) is 0 Å². The first kappa shape index (κ1) is 24.2. The molecule has 188 valence electrons. The third-order valence-electron chi connectivity index (χ3n) is 6.70. The molecule has 1 fully saturated rings. The Labute approximate surface area is 210 Å². The van der Waals surface area contributed by atoms with Crippen LogP contribution < -0.4 is 14.2 Å². The van der Waals surface area contributed by atoms with Gasteiger partial charge in [-0.25, -0.2) is 0 Å². The molecule has 7 nitrogen and oxygen atoms in total. The molecule has 0 saturated carbocycles. The lowest BCUT2D eigenvalue weighted by atomic mass is 9.94.